The minimum Gasteiger partial charge on any atom is -0.466 e. The predicted octanol–water partition coefficient (Wildman–Crippen LogP) is 2.77. The third-order valence-corrected chi connectivity index (χ3v) is 2.69. The highest BCUT2D eigenvalue weighted by Crippen LogP contribution is 2.43. The molecule has 0 aromatic rings. The third-order valence-electron chi connectivity index (χ3n) is 2.69. The van der Waals surface area contributed by atoms with Crippen LogP contribution in [0.1, 0.15) is 46.0 Å². The summed E-state index contributed by atoms with van der Waals surface area (Å²) in [5.74, 6) is 0.923. The minimum atomic E-state index is 0.0315. The van der Waals surface area contributed by atoms with Crippen molar-refractivity contribution >= 4 is 5.97 Å². The number of hydrogen-bond acceptors (Lipinski definition) is 2. The van der Waals surface area contributed by atoms with Crippen molar-refractivity contribution < 1.29 is 9.53 Å². The molecule has 2 nitrogen and oxygen atoms in total. The smallest absolute Gasteiger partial charge is 0.309 e. The molecule has 0 N–H and O–H groups in total. The highest BCUT2D eigenvalue weighted by atomic mass is 16.5. The van der Waals surface area contributed by atoms with Crippen LogP contribution in [-0.4, -0.2) is 12.6 Å². The van der Waals surface area contributed by atoms with E-state index in [2.05, 4.69) is 6.92 Å². The van der Waals surface area contributed by atoms with Crippen molar-refractivity contribution in [3.63, 3.8) is 0 Å². The summed E-state index contributed by atoms with van der Waals surface area (Å²) in [4.78, 5) is 11.2. The summed E-state index contributed by atoms with van der Waals surface area (Å²) in [5.41, 5.74) is 0. The van der Waals surface area contributed by atoms with Crippen molar-refractivity contribution in [2.24, 2.45) is 11.8 Å². The van der Waals surface area contributed by atoms with Crippen LogP contribution < -0.4 is 0 Å². The Morgan fingerprint density at radius 3 is 2.77 bits per heavy atom. The van der Waals surface area contributed by atoms with Gasteiger partial charge in [0.2, 0.25) is 0 Å². The van der Waals surface area contributed by atoms with Crippen LogP contribution in [0, 0.1) is 11.8 Å². The summed E-state index contributed by atoms with van der Waals surface area (Å²) >= 11 is 0. The second kappa shape index (κ2) is 5.25. The molecule has 0 unspecified atom stereocenters. The van der Waals surface area contributed by atoms with Gasteiger partial charge in [-0.2, -0.15) is 0 Å². The molecule has 0 saturated heterocycles. The van der Waals surface area contributed by atoms with Crippen molar-refractivity contribution in [2.75, 3.05) is 6.61 Å². The van der Waals surface area contributed by atoms with Gasteiger partial charge in [-0.05, 0) is 25.7 Å². The Labute approximate surface area is 80.7 Å². The summed E-state index contributed by atoms with van der Waals surface area (Å²) in [7, 11) is 0. The lowest BCUT2D eigenvalue weighted by Gasteiger charge is -2.00. The van der Waals surface area contributed by atoms with Crippen LogP contribution >= 0.6 is 0 Å². The van der Waals surface area contributed by atoms with Crippen molar-refractivity contribution in [3.8, 4) is 0 Å². The largest absolute Gasteiger partial charge is 0.466 e. The molecule has 0 radical (unpaired) electrons. The Bertz CT molecular complexity index is 165. The molecule has 13 heavy (non-hydrogen) atoms. The van der Waals surface area contributed by atoms with Crippen LogP contribution in [-0.2, 0) is 9.53 Å². The number of unbranched alkanes of at least 4 members (excludes halogenated alkanes) is 2. The van der Waals surface area contributed by atoms with E-state index < -0.39 is 0 Å². The van der Waals surface area contributed by atoms with Crippen LogP contribution in [0.5, 0.6) is 0 Å². The van der Waals surface area contributed by atoms with Crippen LogP contribution in [0.25, 0.3) is 0 Å². The normalized spacial score (nSPS) is 25.7. The van der Waals surface area contributed by atoms with E-state index in [-0.39, 0.29) is 11.9 Å². The SMILES string of the molecule is CCCCC[C@H]1C[C@H]1C(=O)OCC. The summed E-state index contributed by atoms with van der Waals surface area (Å²) < 4.78 is 4.96. The van der Waals surface area contributed by atoms with Crippen LogP contribution in [0.3, 0.4) is 0 Å². The molecule has 1 fully saturated rings. The van der Waals surface area contributed by atoms with Gasteiger partial charge in [-0.1, -0.05) is 26.2 Å². The van der Waals surface area contributed by atoms with Gasteiger partial charge >= 0.3 is 5.97 Å². The number of carbonyl (C=O) groups is 1. The van der Waals surface area contributed by atoms with E-state index in [1.54, 1.807) is 0 Å². The Morgan fingerprint density at radius 1 is 1.38 bits per heavy atom. The van der Waals surface area contributed by atoms with E-state index in [0.717, 1.165) is 6.42 Å². The first kappa shape index (κ1) is 10.6. The quantitative estimate of drug-likeness (QED) is 0.468. The lowest BCUT2D eigenvalue weighted by atomic mass is 10.1. The van der Waals surface area contributed by atoms with Crippen LogP contribution in [0.4, 0.5) is 0 Å². The molecule has 1 rings (SSSR count). The molecule has 2 atom stereocenters. The number of ether oxygens (including phenoxy) is 1. The first-order valence-corrected chi connectivity index (χ1v) is 5.46. The average molecular weight is 184 g/mol. The standard InChI is InChI=1S/C11H20O2/c1-3-5-6-7-9-8-10(9)11(12)13-4-2/h9-10H,3-8H2,1-2H3/t9-,10+/m0/s1. The maximum Gasteiger partial charge on any atom is 0.309 e. The second-order valence-electron chi connectivity index (χ2n) is 3.85. The summed E-state index contributed by atoms with van der Waals surface area (Å²) in [6, 6.07) is 0. The molecule has 0 aromatic carbocycles. The maximum atomic E-state index is 11.2. The minimum absolute atomic E-state index is 0.0315. The van der Waals surface area contributed by atoms with E-state index in [9.17, 15) is 4.79 Å². The van der Waals surface area contributed by atoms with Gasteiger partial charge in [0.25, 0.3) is 0 Å². The van der Waals surface area contributed by atoms with Gasteiger partial charge in [-0.15, -0.1) is 0 Å². The Hall–Kier alpha value is -0.530. The molecular formula is C11H20O2. The van der Waals surface area contributed by atoms with E-state index >= 15 is 0 Å². The zero-order valence-electron chi connectivity index (χ0n) is 8.71. The Morgan fingerprint density at radius 2 is 2.15 bits per heavy atom. The van der Waals surface area contributed by atoms with Gasteiger partial charge in [0, 0.05) is 0 Å². The number of carbonyl (C=O) groups excluding carboxylic acids is 1. The molecule has 0 amide bonds. The van der Waals surface area contributed by atoms with Crippen molar-refractivity contribution in [2.45, 2.75) is 46.0 Å². The Balaban J connectivity index is 2.04. The fraction of sp³-hybridized carbons (Fsp3) is 0.909. The van der Waals surface area contributed by atoms with Gasteiger partial charge in [-0.25, -0.2) is 0 Å². The molecule has 0 bridgehead atoms. The molecule has 1 aliphatic rings. The first-order chi connectivity index (χ1) is 6.29. The second-order valence-corrected chi connectivity index (χ2v) is 3.85. The molecule has 1 aliphatic carbocycles. The predicted molar refractivity (Wildman–Crippen MR) is 52.4 cm³/mol. The molecule has 0 aromatic heterocycles. The fourth-order valence-corrected chi connectivity index (χ4v) is 1.76. The number of rotatable bonds is 6. The molecule has 2 heteroatoms. The zero-order valence-corrected chi connectivity index (χ0v) is 8.71. The lowest BCUT2D eigenvalue weighted by Crippen LogP contribution is -2.07. The number of hydrogen-bond donors (Lipinski definition) is 0. The van der Waals surface area contributed by atoms with E-state index in [1.165, 1.54) is 25.7 Å². The van der Waals surface area contributed by atoms with E-state index in [4.69, 9.17) is 4.74 Å². The summed E-state index contributed by atoms with van der Waals surface area (Å²) in [6.45, 7) is 4.60. The number of esters is 1. The highest BCUT2D eigenvalue weighted by Gasteiger charge is 2.43. The summed E-state index contributed by atoms with van der Waals surface area (Å²) in [5, 5.41) is 0. The van der Waals surface area contributed by atoms with Crippen molar-refractivity contribution in [1.82, 2.24) is 0 Å². The zero-order chi connectivity index (χ0) is 9.68. The molecule has 0 aliphatic heterocycles. The Kier molecular flexibility index (Phi) is 4.26. The molecule has 0 heterocycles. The van der Waals surface area contributed by atoms with Crippen molar-refractivity contribution in [3.05, 3.63) is 0 Å². The van der Waals surface area contributed by atoms with E-state index in [1.807, 2.05) is 6.92 Å². The average Bonchev–Trinajstić information content (AvgIpc) is 2.85. The first-order valence-electron chi connectivity index (χ1n) is 5.46. The maximum absolute atomic E-state index is 11.2. The third kappa shape index (κ3) is 3.37. The van der Waals surface area contributed by atoms with Gasteiger partial charge in [0.1, 0.15) is 0 Å². The molecular weight excluding hydrogens is 164 g/mol. The monoisotopic (exact) mass is 184 g/mol. The van der Waals surface area contributed by atoms with Gasteiger partial charge in [0.05, 0.1) is 12.5 Å². The summed E-state index contributed by atoms with van der Waals surface area (Å²) in [6.07, 6.45) is 6.12. The van der Waals surface area contributed by atoms with Gasteiger partial charge in [0.15, 0.2) is 0 Å². The van der Waals surface area contributed by atoms with Crippen LogP contribution in [0.2, 0.25) is 0 Å². The lowest BCUT2D eigenvalue weighted by molar-refractivity contribution is -0.145. The van der Waals surface area contributed by atoms with E-state index in [0.29, 0.717) is 12.5 Å². The fourth-order valence-electron chi connectivity index (χ4n) is 1.76. The van der Waals surface area contributed by atoms with Crippen LogP contribution in [0.15, 0.2) is 0 Å². The highest BCUT2D eigenvalue weighted by molar-refractivity contribution is 5.75. The topological polar surface area (TPSA) is 26.3 Å². The van der Waals surface area contributed by atoms with Gasteiger partial charge < -0.3 is 4.74 Å². The van der Waals surface area contributed by atoms with Gasteiger partial charge in [-0.3, -0.25) is 4.79 Å². The molecule has 1 saturated carbocycles. The van der Waals surface area contributed by atoms with Crippen molar-refractivity contribution in [1.29, 1.82) is 0 Å². The molecule has 0 spiro atoms. The molecule has 76 valence electrons.